The van der Waals surface area contributed by atoms with Crippen LogP contribution in [0.15, 0.2) is 12.1 Å². The number of nitrogens with two attached hydrogens (primary N) is 1. The van der Waals surface area contributed by atoms with Crippen LogP contribution in [0.5, 0.6) is 11.5 Å². The molecule has 0 spiro atoms. The van der Waals surface area contributed by atoms with Crippen molar-refractivity contribution >= 4 is 28.7 Å². The number of hydrogen-bond donors (Lipinski definition) is 1. The Morgan fingerprint density at radius 1 is 1.20 bits per heavy atom. The molecule has 1 aromatic carbocycles. The maximum absolute atomic E-state index is 6.13. The zero-order valence-electron chi connectivity index (χ0n) is 11.8. The second-order valence-corrected chi connectivity index (χ2v) is 6.10. The van der Waals surface area contributed by atoms with E-state index in [1.54, 1.807) is 14.2 Å². The van der Waals surface area contributed by atoms with Gasteiger partial charge < -0.3 is 19.8 Å². The highest BCUT2D eigenvalue weighted by Crippen LogP contribution is 2.37. The van der Waals surface area contributed by atoms with E-state index in [0.717, 1.165) is 23.9 Å². The second-order valence-electron chi connectivity index (χ2n) is 4.88. The number of imidazole rings is 1. The first-order valence-corrected chi connectivity index (χ1v) is 7.87. The van der Waals surface area contributed by atoms with Gasteiger partial charge in [-0.25, -0.2) is 4.98 Å². The monoisotopic (exact) mass is 293 g/mol. The summed E-state index contributed by atoms with van der Waals surface area (Å²) in [7, 11) is 3.27. The fraction of sp³-hybridized carbons (Fsp3) is 0.500. The summed E-state index contributed by atoms with van der Waals surface area (Å²) in [5, 5.41) is 0. The van der Waals surface area contributed by atoms with Gasteiger partial charge in [-0.1, -0.05) is 0 Å². The molecule has 1 fully saturated rings. The predicted octanol–water partition coefficient (Wildman–Crippen LogP) is 2.70. The molecule has 0 unspecified atom stereocenters. The van der Waals surface area contributed by atoms with Gasteiger partial charge in [-0.05, 0) is 24.3 Å². The number of thioether (sulfide) groups is 1. The third-order valence-corrected chi connectivity index (χ3v) is 4.83. The molecule has 0 atom stereocenters. The normalized spacial score (nSPS) is 16.5. The molecule has 0 radical (unpaired) electrons. The van der Waals surface area contributed by atoms with E-state index in [0.29, 0.717) is 23.5 Å². The van der Waals surface area contributed by atoms with Gasteiger partial charge in [0.15, 0.2) is 11.5 Å². The van der Waals surface area contributed by atoms with Gasteiger partial charge >= 0.3 is 0 Å². The van der Waals surface area contributed by atoms with Crippen molar-refractivity contribution in [1.82, 2.24) is 9.55 Å². The van der Waals surface area contributed by atoms with Crippen LogP contribution in [0.1, 0.15) is 18.9 Å². The summed E-state index contributed by atoms with van der Waals surface area (Å²) >= 11 is 2.00. The second kappa shape index (κ2) is 5.44. The van der Waals surface area contributed by atoms with Gasteiger partial charge in [0.05, 0.1) is 25.3 Å². The minimum Gasteiger partial charge on any atom is -0.493 e. The van der Waals surface area contributed by atoms with E-state index < -0.39 is 0 Å². The van der Waals surface area contributed by atoms with Crippen LogP contribution in [-0.2, 0) is 0 Å². The molecule has 1 aliphatic rings. The van der Waals surface area contributed by atoms with Gasteiger partial charge in [-0.3, -0.25) is 0 Å². The number of nitrogen functional groups attached to an aromatic ring is 1. The highest BCUT2D eigenvalue weighted by atomic mass is 32.2. The van der Waals surface area contributed by atoms with Crippen molar-refractivity contribution < 1.29 is 9.47 Å². The van der Waals surface area contributed by atoms with E-state index in [1.165, 1.54) is 11.5 Å². The molecule has 3 rings (SSSR count). The highest BCUT2D eigenvalue weighted by Gasteiger charge is 2.21. The molecular weight excluding hydrogens is 274 g/mol. The summed E-state index contributed by atoms with van der Waals surface area (Å²) in [6.07, 6.45) is 2.27. The number of benzene rings is 1. The molecule has 0 aliphatic carbocycles. The van der Waals surface area contributed by atoms with Gasteiger partial charge in [0.25, 0.3) is 0 Å². The molecule has 6 heteroatoms. The smallest absolute Gasteiger partial charge is 0.201 e. The average Bonchev–Trinajstić information content (AvgIpc) is 2.81. The molecular formula is C14H19N3O2S. The predicted molar refractivity (Wildman–Crippen MR) is 82.8 cm³/mol. The Labute approximate surface area is 122 Å². The summed E-state index contributed by atoms with van der Waals surface area (Å²) < 4.78 is 12.9. The quantitative estimate of drug-likeness (QED) is 0.942. The lowest BCUT2D eigenvalue weighted by Gasteiger charge is -2.24. The van der Waals surface area contributed by atoms with Crippen LogP contribution >= 0.6 is 11.8 Å². The van der Waals surface area contributed by atoms with E-state index in [-0.39, 0.29) is 0 Å². The number of aromatic nitrogens is 2. The Morgan fingerprint density at radius 3 is 2.50 bits per heavy atom. The van der Waals surface area contributed by atoms with E-state index >= 15 is 0 Å². The maximum atomic E-state index is 6.13. The molecule has 2 heterocycles. The number of hydrogen-bond acceptors (Lipinski definition) is 5. The Hall–Kier alpha value is -1.56. The first-order valence-electron chi connectivity index (χ1n) is 6.71. The molecule has 0 saturated carbocycles. The molecule has 0 amide bonds. The Bertz CT molecular complexity index is 620. The average molecular weight is 293 g/mol. The first kappa shape index (κ1) is 13.4. The molecule has 20 heavy (non-hydrogen) atoms. The first-order chi connectivity index (χ1) is 9.74. The zero-order valence-corrected chi connectivity index (χ0v) is 12.6. The Morgan fingerprint density at radius 2 is 1.85 bits per heavy atom. The van der Waals surface area contributed by atoms with Crippen molar-refractivity contribution in [3.8, 4) is 11.5 Å². The van der Waals surface area contributed by atoms with Crippen molar-refractivity contribution in [1.29, 1.82) is 0 Å². The SMILES string of the molecule is COc1cc2nc(N)n(C3CCSCC3)c2cc1OC. The van der Waals surface area contributed by atoms with Crippen LogP contribution in [0.2, 0.25) is 0 Å². The van der Waals surface area contributed by atoms with Crippen LogP contribution in [0, 0.1) is 0 Å². The van der Waals surface area contributed by atoms with Crippen molar-refractivity contribution in [2.75, 3.05) is 31.5 Å². The number of rotatable bonds is 3. The minimum atomic E-state index is 0.430. The molecule has 0 bridgehead atoms. The van der Waals surface area contributed by atoms with Crippen molar-refractivity contribution in [2.45, 2.75) is 18.9 Å². The van der Waals surface area contributed by atoms with Crippen molar-refractivity contribution in [2.24, 2.45) is 0 Å². The molecule has 1 aliphatic heterocycles. The van der Waals surface area contributed by atoms with Crippen molar-refractivity contribution in [3.05, 3.63) is 12.1 Å². The number of ether oxygens (including phenoxy) is 2. The lowest BCUT2D eigenvalue weighted by molar-refractivity contribution is 0.355. The van der Waals surface area contributed by atoms with Crippen LogP contribution < -0.4 is 15.2 Å². The molecule has 5 nitrogen and oxygen atoms in total. The van der Waals surface area contributed by atoms with Gasteiger partial charge in [-0.15, -0.1) is 0 Å². The molecule has 1 aromatic heterocycles. The van der Waals surface area contributed by atoms with E-state index in [9.17, 15) is 0 Å². The van der Waals surface area contributed by atoms with Crippen LogP contribution in [0.3, 0.4) is 0 Å². The number of anilines is 1. The van der Waals surface area contributed by atoms with Crippen LogP contribution in [0.4, 0.5) is 5.95 Å². The van der Waals surface area contributed by atoms with Gasteiger partial charge in [0, 0.05) is 18.2 Å². The lowest BCUT2D eigenvalue weighted by Crippen LogP contribution is -2.17. The van der Waals surface area contributed by atoms with Crippen LogP contribution in [0.25, 0.3) is 11.0 Å². The van der Waals surface area contributed by atoms with E-state index in [4.69, 9.17) is 15.2 Å². The standard InChI is InChI=1S/C14H19N3O2S/c1-18-12-7-10-11(8-13(12)19-2)17(14(15)16-10)9-3-5-20-6-4-9/h7-9H,3-6H2,1-2H3,(H2,15,16). The summed E-state index contributed by atoms with van der Waals surface area (Å²) in [6, 6.07) is 4.29. The Balaban J connectivity index is 2.13. The largest absolute Gasteiger partial charge is 0.493 e. The number of fused-ring (bicyclic) bond motifs is 1. The molecule has 108 valence electrons. The van der Waals surface area contributed by atoms with Crippen LogP contribution in [-0.4, -0.2) is 35.3 Å². The summed E-state index contributed by atoms with van der Waals surface area (Å²) in [5.74, 6) is 4.33. The third-order valence-electron chi connectivity index (χ3n) is 3.78. The molecule has 2 aromatic rings. The van der Waals surface area contributed by atoms with E-state index in [1.807, 2.05) is 23.9 Å². The summed E-state index contributed by atoms with van der Waals surface area (Å²) in [5.41, 5.74) is 8.02. The number of methoxy groups -OCH3 is 2. The fourth-order valence-electron chi connectivity index (χ4n) is 2.77. The third kappa shape index (κ3) is 2.18. The summed E-state index contributed by atoms with van der Waals surface area (Å²) in [6.45, 7) is 0. The fourth-order valence-corrected chi connectivity index (χ4v) is 3.85. The lowest BCUT2D eigenvalue weighted by atomic mass is 10.1. The summed E-state index contributed by atoms with van der Waals surface area (Å²) in [4.78, 5) is 4.47. The Kier molecular flexibility index (Phi) is 3.65. The van der Waals surface area contributed by atoms with Gasteiger partial charge in [0.2, 0.25) is 5.95 Å². The molecule has 2 N–H and O–H groups in total. The van der Waals surface area contributed by atoms with Crippen molar-refractivity contribution in [3.63, 3.8) is 0 Å². The van der Waals surface area contributed by atoms with E-state index in [2.05, 4.69) is 9.55 Å². The van der Waals surface area contributed by atoms with Gasteiger partial charge in [-0.2, -0.15) is 11.8 Å². The molecule has 1 saturated heterocycles. The van der Waals surface area contributed by atoms with Gasteiger partial charge in [0.1, 0.15) is 0 Å². The minimum absolute atomic E-state index is 0.430. The number of nitrogens with zero attached hydrogens (tertiary/aromatic N) is 2. The highest BCUT2D eigenvalue weighted by molar-refractivity contribution is 7.99. The topological polar surface area (TPSA) is 62.3 Å². The maximum Gasteiger partial charge on any atom is 0.201 e. The zero-order chi connectivity index (χ0) is 14.1.